The van der Waals surface area contributed by atoms with E-state index in [0.717, 1.165) is 5.56 Å². The van der Waals surface area contributed by atoms with Crippen LogP contribution in [0, 0.1) is 5.82 Å². The summed E-state index contributed by atoms with van der Waals surface area (Å²) >= 11 is 5.92. The molecular weight excluding hydrogens is 257 g/mol. The van der Waals surface area contributed by atoms with E-state index in [2.05, 4.69) is 4.98 Å². The molecule has 0 amide bonds. The Labute approximate surface area is 109 Å². The summed E-state index contributed by atoms with van der Waals surface area (Å²) in [6.07, 6.45) is 1.27. The Morgan fingerprint density at radius 3 is 2.78 bits per heavy atom. The van der Waals surface area contributed by atoms with Crippen molar-refractivity contribution >= 4 is 28.8 Å². The van der Waals surface area contributed by atoms with Gasteiger partial charge in [0.05, 0.1) is 18.2 Å². The van der Waals surface area contributed by atoms with Crippen molar-refractivity contribution in [1.82, 2.24) is 4.98 Å². The third-order valence-corrected chi connectivity index (χ3v) is 3.12. The largest absolute Gasteiger partial charge is 0.494 e. The predicted octanol–water partition coefficient (Wildman–Crippen LogP) is 3.41. The van der Waals surface area contributed by atoms with Crippen molar-refractivity contribution < 1.29 is 13.9 Å². The molecule has 1 aromatic carbocycles. The van der Waals surface area contributed by atoms with Gasteiger partial charge < -0.3 is 4.74 Å². The minimum Gasteiger partial charge on any atom is -0.494 e. The average molecular weight is 268 g/mol. The van der Waals surface area contributed by atoms with Crippen LogP contribution < -0.4 is 4.74 Å². The predicted molar refractivity (Wildman–Crippen MR) is 68.0 cm³/mol. The van der Waals surface area contributed by atoms with Gasteiger partial charge in [-0.1, -0.05) is 18.5 Å². The second-order valence-corrected chi connectivity index (χ2v) is 4.13. The Kier molecular flexibility index (Phi) is 3.48. The molecule has 3 nitrogen and oxygen atoms in total. The van der Waals surface area contributed by atoms with E-state index >= 15 is 0 Å². The minimum atomic E-state index is -0.505. The van der Waals surface area contributed by atoms with Crippen molar-refractivity contribution in [2.24, 2.45) is 0 Å². The minimum absolute atomic E-state index is 0.0962. The summed E-state index contributed by atoms with van der Waals surface area (Å²) in [7, 11) is 1.39. The summed E-state index contributed by atoms with van der Waals surface area (Å²) < 4.78 is 18.5. The number of pyridine rings is 1. The van der Waals surface area contributed by atoms with Gasteiger partial charge in [-0.3, -0.25) is 4.79 Å². The zero-order valence-electron chi connectivity index (χ0n) is 9.96. The molecule has 2 aromatic rings. The average Bonchev–Trinajstić information content (AvgIpc) is 2.36. The number of aromatic nitrogens is 1. The van der Waals surface area contributed by atoms with Crippen molar-refractivity contribution in [3.8, 4) is 5.75 Å². The number of carbonyl (C=O) groups is 1. The molecule has 1 aromatic heterocycles. The van der Waals surface area contributed by atoms with Crippen LogP contribution >= 0.6 is 11.6 Å². The van der Waals surface area contributed by atoms with Crippen LogP contribution in [-0.4, -0.2) is 18.4 Å². The number of fused-ring (bicyclic) bond motifs is 1. The maximum absolute atomic E-state index is 13.6. The monoisotopic (exact) mass is 267 g/mol. The number of hydrogen-bond acceptors (Lipinski definition) is 3. The molecule has 18 heavy (non-hydrogen) atoms. The van der Waals surface area contributed by atoms with Crippen LogP contribution in [0.1, 0.15) is 22.8 Å². The third kappa shape index (κ3) is 1.93. The van der Waals surface area contributed by atoms with Crippen LogP contribution in [0.4, 0.5) is 4.39 Å². The van der Waals surface area contributed by atoms with E-state index < -0.39 is 5.82 Å². The maximum Gasteiger partial charge on any atom is 0.167 e. The van der Waals surface area contributed by atoms with Crippen molar-refractivity contribution in [3.05, 3.63) is 34.2 Å². The fraction of sp³-hybridized carbons (Fsp3) is 0.231. The highest BCUT2D eigenvalue weighted by atomic mass is 35.5. The molecule has 0 aliphatic carbocycles. The highest BCUT2D eigenvalue weighted by Crippen LogP contribution is 2.30. The van der Waals surface area contributed by atoms with Crippen LogP contribution in [0.25, 0.3) is 10.9 Å². The Hall–Kier alpha value is -1.68. The molecule has 1 heterocycles. The lowest BCUT2D eigenvalue weighted by Gasteiger charge is -2.10. The second kappa shape index (κ2) is 4.90. The molecule has 0 radical (unpaired) electrons. The van der Waals surface area contributed by atoms with Gasteiger partial charge in [-0.25, -0.2) is 9.37 Å². The molecule has 0 spiro atoms. The first kappa shape index (κ1) is 12.8. The summed E-state index contributed by atoms with van der Waals surface area (Å²) in [6, 6.07) is 2.80. The first-order valence-electron chi connectivity index (χ1n) is 5.43. The highest BCUT2D eigenvalue weighted by molar-refractivity contribution is 6.32. The standard InChI is InChI=1S/C13H11ClFNO2/c1-3-7-8-4-12(18-2)10(15)5-11(8)16-13(14)9(7)6-17/h4-6H,3H2,1-2H3. The smallest absolute Gasteiger partial charge is 0.167 e. The molecule has 0 aliphatic heterocycles. The van der Waals surface area contributed by atoms with Gasteiger partial charge in [0, 0.05) is 11.5 Å². The maximum atomic E-state index is 13.6. The number of aldehydes is 1. The first-order chi connectivity index (χ1) is 8.62. The van der Waals surface area contributed by atoms with Crippen molar-refractivity contribution in [2.45, 2.75) is 13.3 Å². The first-order valence-corrected chi connectivity index (χ1v) is 5.81. The van der Waals surface area contributed by atoms with E-state index in [1.165, 1.54) is 13.2 Å². The van der Waals surface area contributed by atoms with Crippen LogP contribution in [0.15, 0.2) is 12.1 Å². The molecule has 0 saturated carbocycles. The fourth-order valence-corrected chi connectivity index (χ4v) is 2.22. The number of nitrogens with zero attached hydrogens (tertiary/aromatic N) is 1. The van der Waals surface area contributed by atoms with E-state index in [-0.39, 0.29) is 10.9 Å². The van der Waals surface area contributed by atoms with Crippen LogP contribution in [0.2, 0.25) is 5.15 Å². The van der Waals surface area contributed by atoms with Crippen LogP contribution in [-0.2, 0) is 6.42 Å². The van der Waals surface area contributed by atoms with Crippen molar-refractivity contribution in [1.29, 1.82) is 0 Å². The molecule has 0 N–H and O–H groups in total. The number of ether oxygens (including phenoxy) is 1. The molecule has 0 aliphatic rings. The highest BCUT2D eigenvalue weighted by Gasteiger charge is 2.15. The van der Waals surface area contributed by atoms with E-state index in [0.29, 0.717) is 29.2 Å². The summed E-state index contributed by atoms with van der Waals surface area (Å²) in [6.45, 7) is 1.90. The number of aryl methyl sites for hydroxylation is 1. The van der Waals surface area contributed by atoms with Gasteiger partial charge in [0.25, 0.3) is 0 Å². The topological polar surface area (TPSA) is 39.2 Å². The normalized spacial score (nSPS) is 10.7. The zero-order valence-corrected chi connectivity index (χ0v) is 10.7. The molecule has 2 rings (SSSR count). The fourth-order valence-electron chi connectivity index (χ4n) is 1.97. The van der Waals surface area contributed by atoms with E-state index in [4.69, 9.17) is 16.3 Å². The Morgan fingerprint density at radius 2 is 2.22 bits per heavy atom. The molecular formula is C13H11ClFNO2. The summed E-state index contributed by atoms with van der Waals surface area (Å²) in [5.74, 6) is -0.382. The van der Waals surface area contributed by atoms with Crippen molar-refractivity contribution in [3.63, 3.8) is 0 Å². The van der Waals surface area contributed by atoms with Gasteiger partial charge >= 0.3 is 0 Å². The lowest BCUT2D eigenvalue weighted by atomic mass is 10.0. The molecule has 0 atom stereocenters. The lowest BCUT2D eigenvalue weighted by molar-refractivity contribution is 0.112. The van der Waals surface area contributed by atoms with Gasteiger partial charge in [0.1, 0.15) is 5.15 Å². The van der Waals surface area contributed by atoms with E-state index in [1.807, 2.05) is 6.92 Å². The van der Waals surface area contributed by atoms with Gasteiger partial charge in [-0.2, -0.15) is 0 Å². The number of carbonyl (C=O) groups excluding carboxylic acids is 1. The van der Waals surface area contributed by atoms with Gasteiger partial charge in [-0.05, 0) is 18.1 Å². The molecule has 0 fully saturated rings. The Morgan fingerprint density at radius 1 is 1.50 bits per heavy atom. The molecule has 0 saturated heterocycles. The summed E-state index contributed by atoms with van der Waals surface area (Å²) in [5.41, 5.74) is 1.51. The Balaban J connectivity index is 2.90. The molecule has 94 valence electrons. The van der Waals surface area contributed by atoms with Gasteiger partial charge in [0.15, 0.2) is 17.9 Å². The number of benzene rings is 1. The summed E-state index contributed by atoms with van der Waals surface area (Å²) in [5, 5.41) is 0.779. The number of methoxy groups -OCH3 is 1. The van der Waals surface area contributed by atoms with Crippen LogP contribution in [0.5, 0.6) is 5.75 Å². The molecule has 0 bridgehead atoms. The SMILES string of the molecule is CCc1c(C=O)c(Cl)nc2cc(F)c(OC)cc12. The van der Waals surface area contributed by atoms with Crippen molar-refractivity contribution in [2.75, 3.05) is 7.11 Å². The zero-order chi connectivity index (χ0) is 13.3. The Bertz CT molecular complexity index is 628. The van der Waals surface area contributed by atoms with E-state index in [9.17, 15) is 9.18 Å². The molecule has 0 unspecified atom stereocenters. The van der Waals surface area contributed by atoms with Gasteiger partial charge in [0.2, 0.25) is 0 Å². The third-order valence-electron chi connectivity index (χ3n) is 2.83. The van der Waals surface area contributed by atoms with Gasteiger partial charge in [-0.15, -0.1) is 0 Å². The van der Waals surface area contributed by atoms with E-state index in [1.54, 1.807) is 6.07 Å². The summed E-state index contributed by atoms with van der Waals surface area (Å²) in [4.78, 5) is 15.1. The van der Waals surface area contributed by atoms with Crippen LogP contribution in [0.3, 0.4) is 0 Å². The number of rotatable bonds is 3. The number of halogens is 2. The lowest BCUT2D eigenvalue weighted by Crippen LogP contribution is -1.99. The second-order valence-electron chi connectivity index (χ2n) is 3.77. The number of hydrogen-bond donors (Lipinski definition) is 0. The quantitative estimate of drug-likeness (QED) is 0.632. The molecule has 5 heteroatoms.